The molecule has 92 valence electrons. The first-order valence-corrected chi connectivity index (χ1v) is 5.08. The van der Waals surface area contributed by atoms with Crippen molar-refractivity contribution in [3.63, 3.8) is 0 Å². The summed E-state index contributed by atoms with van der Waals surface area (Å²) >= 11 is 0. The Balaban J connectivity index is 2.39. The van der Waals surface area contributed by atoms with Gasteiger partial charge in [0.1, 0.15) is 0 Å². The van der Waals surface area contributed by atoms with E-state index in [1.807, 2.05) is 0 Å². The lowest BCUT2D eigenvalue weighted by molar-refractivity contribution is 0.100. The molecule has 5 nitrogen and oxygen atoms in total. The molecule has 1 heterocycles. The molecule has 0 saturated carbocycles. The van der Waals surface area contributed by atoms with Gasteiger partial charge in [-0.2, -0.15) is 9.37 Å². The molecule has 1 amide bonds. The van der Waals surface area contributed by atoms with Crippen LogP contribution in [0.15, 0.2) is 30.5 Å². The number of ether oxygens (including phenoxy) is 1. The molecule has 0 aliphatic heterocycles. The molecule has 0 bridgehead atoms. The lowest BCUT2D eigenvalue weighted by atomic mass is 10.1. The maximum atomic E-state index is 13.1. The van der Waals surface area contributed by atoms with Crippen LogP contribution < -0.4 is 10.5 Å². The summed E-state index contributed by atoms with van der Waals surface area (Å²) in [6.45, 7) is 0. The van der Waals surface area contributed by atoms with E-state index in [2.05, 4.69) is 9.97 Å². The first kappa shape index (κ1) is 12.0. The van der Waals surface area contributed by atoms with Gasteiger partial charge in [0.25, 0.3) is 5.88 Å². The number of methoxy groups -OCH3 is 1. The minimum absolute atomic E-state index is 0.126. The molecular weight excluding hydrogens is 237 g/mol. The number of hydrogen-bond donors (Lipinski definition) is 1. The Morgan fingerprint density at radius 1 is 1.33 bits per heavy atom. The third-order valence-corrected chi connectivity index (χ3v) is 2.33. The Kier molecular flexibility index (Phi) is 3.18. The van der Waals surface area contributed by atoms with Crippen LogP contribution in [-0.4, -0.2) is 23.0 Å². The highest BCUT2D eigenvalue weighted by atomic mass is 19.1. The van der Waals surface area contributed by atoms with Crippen LogP contribution >= 0.6 is 0 Å². The highest BCUT2D eigenvalue weighted by Gasteiger charge is 2.09. The zero-order valence-electron chi connectivity index (χ0n) is 9.55. The first-order chi connectivity index (χ1) is 8.61. The van der Waals surface area contributed by atoms with Crippen molar-refractivity contribution in [1.29, 1.82) is 0 Å². The van der Waals surface area contributed by atoms with Crippen LogP contribution in [0.3, 0.4) is 0 Å². The third kappa shape index (κ3) is 2.27. The molecule has 0 aliphatic rings. The fraction of sp³-hybridized carbons (Fsp3) is 0.0833. The van der Waals surface area contributed by atoms with E-state index < -0.39 is 11.7 Å². The van der Waals surface area contributed by atoms with E-state index in [9.17, 15) is 9.18 Å². The van der Waals surface area contributed by atoms with E-state index in [1.165, 1.54) is 7.11 Å². The van der Waals surface area contributed by atoms with Crippen LogP contribution in [0.25, 0.3) is 11.4 Å². The van der Waals surface area contributed by atoms with Gasteiger partial charge in [-0.15, -0.1) is 0 Å². The summed E-state index contributed by atoms with van der Waals surface area (Å²) in [6, 6.07) is 6.37. The molecule has 0 radical (unpaired) electrons. The predicted molar refractivity (Wildman–Crippen MR) is 62.5 cm³/mol. The third-order valence-electron chi connectivity index (χ3n) is 2.33. The quantitative estimate of drug-likeness (QED) is 0.889. The van der Waals surface area contributed by atoms with Gasteiger partial charge in [-0.25, -0.2) is 4.98 Å². The van der Waals surface area contributed by atoms with Gasteiger partial charge in [-0.3, -0.25) is 4.79 Å². The second kappa shape index (κ2) is 4.79. The molecule has 2 rings (SSSR count). The van der Waals surface area contributed by atoms with Crippen molar-refractivity contribution >= 4 is 5.91 Å². The summed E-state index contributed by atoms with van der Waals surface area (Å²) in [7, 11) is 1.32. The number of primary amides is 1. The molecule has 0 saturated heterocycles. The second-order valence-electron chi connectivity index (χ2n) is 3.49. The molecule has 0 fully saturated rings. The van der Waals surface area contributed by atoms with E-state index in [4.69, 9.17) is 10.5 Å². The standard InChI is InChI=1S/C12H10FN3O2/c1-18-12-9(13)6-15-11(16-12)8-4-2-7(3-5-8)10(14)17/h2-6H,1H3,(H2,14,17). The van der Waals surface area contributed by atoms with Gasteiger partial charge in [0, 0.05) is 11.1 Å². The molecule has 6 heteroatoms. The maximum absolute atomic E-state index is 13.1. The van der Waals surface area contributed by atoms with Crippen LogP contribution in [0.4, 0.5) is 4.39 Å². The number of amides is 1. The van der Waals surface area contributed by atoms with Crippen LogP contribution in [0, 0.1) is 5.82 Å². The fourth-order valence-corrected chi connectivity index (χ4v) is 1.42. The van der Waals surface area contributed by atoms with Crippen molar-refractivity contribution in [3.8, 4) is 17.3 Å². The van der Waals surface area contributed by atoms with E-state index >= 15 is 0 Å². The molecule has 0 unspecified atom stereocenters. The number of carbonyl (C=O) groups excluding carboxylic acids is 1. The molecule has 0 atom stereocenters. The van der Waals surface area contributed by atoms with Gasteiger partial charge in [0.05, 0.1) is 13.3 Å². The first-order valence-electron chi connectivity index (χ1n) is 5.08. The highest BCUT2D eigenvalue weighted by molar-refractivity contribution is 5.93. The number of aromatic nitrogens is 2. The predicted octanol–water partition coefficient (Wildman–Crippen LogP) is 1.39. The van der Waals surface area contributed by atoms with Crippen molar-refractivity contribution < 1.29 is 13.9 Å². The monoisotopic (exact) mass is 247 g/mol. The van der Waals surface area contributed by atoms with Crippen LogP contribution in [0.5, 0.6) is 5.88 Å². The number of halogens is 1. The summed E-state index contributed by atoms with van der Waals surface area (Å²) in [5.74, 6) is -0.961. The van der Waals surface area contributed by atoms with Gasteiger partial charge in [-0.1, -0.05) is 12.1 Å². The van der Waals surface area contributed by atoms with Gasteiger partial charge in [0.15, 0.2) is 5.82 Å². The van der Waals surface area contributed by atoms with Crippen LogP contribution in [0.2, 0.25) is 0 Å². The summed E-state index contributed by atoms with van der Waals surface area (Å²) in [4.78, 5) is 18.7. The zero-order chi connectivity index (χ0) is 13.1. The number of carbonyl (C=O) groups is 1. The number of nitrogens with two attached hydrogens (primary N) is 1. The lowest BCUT2D eigenvalue weighted by Crippen LogP contribution is -2.10. The number of benzene rings is 1. The summed E-state index contributed by atoms with van der Waals surface area (Å²) in [6.07, 6.45) is 1.03. The minimum Gasteiger partial charge on any atom is -0.479 e. The molecule has 0 aliphatic carbocycles. The largest absolute Gasteiger partial charge is 0.479 e. The van der Waals surface area contributed by atoms with Gasteiger partial charge in [0.2, 0.25) is 11.7 Å². The average Bonchev–Trinajstić information content (AvgIpc) is 2.39. The summed E-state index contributed by atoms with van der Waals surface area (Å²) in [5.41, 5.74) is 6.15. The lowest BCUT2D eigenvalue weighted by Gasteiger charge is -2.04. The Hall–Kier alpha value is -2.50. The van der Waals surface area contributed by atoms with Gasteiger partial charge < -0.3 is 10.5 Å². The summed E-state index contributed by atoms with van der Waals surface area (Å²) < 4.78 is 17.9. The van der Waals surface area contributed by atoms with Crippen molar-refractivity contribution in [1.82, 2.24) is 9.97 Å². The van der Waals surface area contributed by atoms with E-state index in [1.54, 1.807) is 24.3 Å². The smallest absolute Gasteiger partial charge is 0.253 e. The number of rotatable bonds is 3. The topological polar surface area (TPSA) is 78.1 Å². The van der Waals surface area contributed by atoms with Gasteiger partial charge in [-0.05, 0) is 12.1 Å². The van der Waals surface area contributed by atoms with Crippen LogP contribution in [-0.2, 0) is 0 Å². The van der Waals surface area contributed by atoms with E-state index in [0.29, 0.717) is 17.0 Å². The molecule has 2 aromatic rings. The van der Waals surface area contributed by atoms with Crippen molar-refractivity contribution in [3.05, 3.63) is 41.8 Å². The number of nitrogens with zero attached hydrogens (tertiary/aromatic N) is 2. The molecule has 2 N–H and O–H groups in total. The Morgan fingerprint density at radius 3 is 2.56 bits per heavy atom. The fourth-order valence-electron chi connectivity index (χ4n) is 1.42. The van der Waals surface area contributed by atoms with Crippen LogP contribution in [0.1, 0.15) is 10.4 Å². The zero-order valence-corrected chi connectivity index (χ0v) is 9.55. The van der Waals surface area contributed by atoms with Crippen molar-refractivity contribution in [2.45, 2.75) is 0 Å². The van der Waals surface area contributed by atoms with E-state index in [0.717, 1.165) is 6.20 Å². The Morgan fingerprint density at radius 2 is 2.00 bits per heavy atom. The molecule has 1 aromatic heterocycles. The van der Waals surface area contributed by atoms with E-state index in [-0.39, 0.29) is 5.88 Å². The van der Waals surface area contributed by atoms with Crippen molar-refractivity contribution in [2.24, 2.45) is 5.73 Å². The Labute approximate surface area is 102 Å². The molecular formula is C12H10FN3O2. The second-order valence-corrected chi connectivity index (χ2v) is 3.49. The normalized spacial score (nSPS) is 10.1. The van der Waals surface area contributed by atoms with Gasteiger partial charge >= 0.3 is 0 Å². The number of hydrogen-bond acceptors (Lipinski definition) is 4. The Bertz CT molecular complexity index is 584. The molecule has 1 aromatic carbocycles. The maximum Gasteiger partial charge on any atom is 0.253 e. The van der Waals surface area contributed by atoms with Crippen molar-refractivity contribution in [2.75, 3.05) is 7.11 Å². The molecule has 18 heavy (non-hydrogen) atoms. The molecule has 0 spiro atoms. The summed E-state index contributed by atoms with van der Waals surface area (Å²) in [5, 5.41) is 0. The SMILES string of the molecule is COc1nc(-c2ccc(C(N)=O)cc2)ncc1F. The highest BCUT2D eigenvalue weighted by Crippen LogP contribution is 2.19. The minimum atomic E-state index is -0.630. The average molecular weight is 247 g/mol.